The summed E-state index contributed by atoms with van der Waals surface area (Å²) in [5.74, 6) is -0.214. The second-order valence-electron chi connectivity index (χ2n) is 4.28. The lowest BCUT2D eigenvalue weighted by Gasteiger charge is -2.09. The summed E-state index contributed by atoms with van der Waals surface area (Å²) < 4.78 is 10.3. The number of esters is 1. The van der Waals surface area contributed by atoms with Crippen LogP contribution in [0.15, 0.2) is 24.3 Å². The number of ether oxygens (including phenoxy) is 2. The van der Waals surface area contributed by atoms with Crippen LogP contribution in [0.2, 0.25) is 0 Å². The van der Waals surface area contributed by atoms with E-state index in [1.165, 1.54) is 20.0 Å². The minimum Gasteiger partial charge on any atom is -0.469 e. The summed E-state index contributed by atoms with van der Waals surface area (Å²) in [6.07, 6.45) is 3.80. The second kappa shape index (κ2) is 8.70. The van der Waals surface area contributed by atoms with Crippen LogP contribution in [0.1, 0.15) is 37.3 Å². The summed E-state index contributed by atoms with van der Waals surface area (Å²) in [5.41, 5.74) is 2.05. The molecule has 100 valence electrons. The number of unbranched alkanes of at least 4 members (excludes halogenated alkanes) is 2. The Morgan fingerprint density at radius 2 is 1.89 bits per heavy atom. The molecule has 0 saturated heterocycles. The summed E-state index contributed by atoms with van der Waals surface area (Å²) in [6.45, 7) is 3.52. The zero-order valence-corrected chi connectivity index (χ0v) is 11.3. The number of hydrogen-bond acceptors (Lipinski definition) is 3. The van der Waals surface area contributed by atoms with Gasteiger partial charge in [0.2, 0.25) is 0 Å². The van der Waals surface area contributed by atoms with Crippen molar-refractivity contribution in [3.8, 4) is 0 Å². The van der Waals surface area contributed by atoms with Crippen molar-refractivity contribution >= 4 is 5.97 Å². The Bertz CT molecular complexity index is 361. The molecule has 0 unspecified atom stereocenters. The number of carbonyl (C=O) groups is 1. The van der Waals surface area contributed by atoms with Crippen molar-refractivity contribution in [2.75, 3.05) is 13.7 Å². The summed E-state index contributed by atoms with van der Waals surface area (Å²) in [6, 6.07) is 7.84. The molecule has 0 amide bonds. The normalized spacial score (nSPS) is 10.3. The van der Waals surface area contributed by atoms with Crippen molar-refractivity contribution in [2.24, 2.45) is 0 Å². The summed E-state index contributed by atoms with van der Waals surface area (Å²) >= 11 is 0. The van der Waals surface area contributed by atoms with Crippen molar-refractivity contribution < 1.29 is 14.3 Å². The van der Waals surface area contributed by atoms with Crippen molar-refractivity contribution in [3.63, 3.8) is 0 Å². The molecule has 0 fully saturated rings. The van der Waals surface area contributed by atoms with E-state index in [4.69, 9.17) is 4.74 Å². The Labute approximate surface area is 109 Å². The van der Waals surface area contributed by atoms with Gasteiger partial charge in [0.25, 0.3) is 0 Å². The highest BCUT2D eigenvalue weighted by molar-refractivity contribution is 5.72. The van der Waals surface area contributed by atoms with Crippen LogP contribution in [0.3, 0.4) is 0 Å². The van der Waals surface area contributed by atoms with Gasteiger partial charge in [0.05, 0.1) is 20.1 Å². The molecule has 1 rings (SSSR count). The molecular weight excluding hydrogens is 228 g/mol. The molecule has 3 heteroatoms. The predicted molar refractivity (Wildman–Crippen MR) is 71.3 cm³/mol. The van der Waals surface area contributed by atoms with Crippen molar-refractivity contribution in [3.05, 3.63) is 35.4 Å². The van der Waals surface area contributed by atoms with Gasteiger partial charge in [-0.1, -0.05) is 44.0 Å². The van der Waals surface area contributed by atoms with Crippen molar-refractivity contribution in [2.45, 2.75) is 39.2 Å². The lowest BCUT2D eigenvalue weighted by atomic mass is 10.1. The van der Waals surface area contributed by atoms with E-state index in [0.717, 1.165) is 24.2 Å². The van der Waals surface area contributed by atoms with Crippen LogP contribution < -0.4 is 0 Å². The molecule has 0 radical (unpaired) electrons. The van der Waals surface area contributed by atoms with Gasteiger partial charge in [0.1, 0.15) is 0 Å². The predicted octanol–water partition coefficient (Wildman–Crippen LogP) is 3.11. The van der Waals surface area contributed by atoms with Crippen LogP contribution in [0, 0.1) is 0 Å². The fourth-order valence-corrected chi connectivity index (χ4v) is 1.73. The minimum atomic E-state index is -0.214. The number of methoxy groups -OCH3 is 1. The third-order valence-corrected chi connectivity index (χ3v) is 2.83. The van der Waals surface area contributed by atoms with Crippen molar-refractivity contribution in [1.82, 2.24) is 0 Å². The van der Waals surface area contributed by atoms with E-state index >= 15 is 0 Å². The van der Waals surface area contributed by atoms with Gasteiger partial charge in [0.15, 0.2) is 0 Å². The summed E-state index contributed by atoms with van der Waals surface area (Å²) in [5, 5.41) is 0. The monoisotopic (exact) mass is 250 g/mol. The largest absolute Gasteiger partial charge is 0.469 e. The van der Waals surface area contributed by atoms with Gasteiger partial charge in [-0.3, -0.25) is 4.79 Å². The molecule has 0 saturated carbocycles. The maximum absolute atomic E-state index is 11.3. The van der Waals surface area contributed by atoms with Gasteiger partial charge in [-0.15, -0.1) is 0 Å². The summed E-state index contributed by atoms with van der Waals surface area (Å²) in [7, 11) is 1.41. The van der Waals surface area contributed by atoms with E-state index < -0.39 is 0 Å². The first-order valence-electron chi connectivity index (χ1n) is 6.49. The van der Waals surface area contributed by atoms with Gasteiger partial charge >= 0.3 is 5.97 Å². The first kappa shape index (κ1) is 14.7. The van der Waals surface area contributed by atoms with Gasteiger partial charge in [-0.2, -0.15) is 0 Å². The standard InChI is InChI=1S/C15H22O3/c1-3-4-7-10-18-12-14-9-6-5-8-13(14)11-15(16)17-2/h5-6,8-9H,3-4,7,10-12H2,1-2H3. The van der Waals surface area contributed by atoms with Gasteiger partial charge in [0, 0.05) is 6.61 Å². The van der Waals surface area contributed by atoms with Crippen LogP contribution >= 0.6 is 0 Å². The highest BCUT2D eigenvalue weighted by Gasteiger charge is 2.07. The molecule has 18 heavy (non-hydrogen) atoms. The molecule has 0 heterocycles. The molecule has 0 spiro atoms. The molecule has 0 aromatic heterocycles. The maximum Gasteiger partial charge on any atom is 0.309 e. The van der Waals surface area contributed by atoms with Crippen LogP contribution in [0.5, 0.6) is 0 Å². The Morgan fingerprint density at radius 3 is 2.56 bits per heavy atom. The van der Waals surface area contributed by atoms with Crippen LogP contribution in [0.4, 0.5) is 0 Å². The zero-order chi connectivity index (χ0) is 13.2. The van der Waals surface area contributed by atoms with Crippen molar-refractivity contribution in [1.29, 1.82) is 0 Å². The molecular formula is C15H22O3. The number of hydrogen-bond donors (Lipinski definition) is 0. The quantitative estimate of drug-likeness (QED) is 0.525. The Hall–Kier alpha value is -1.35. The smallest absolute Gasteiger partial charge is 0.309 e. The Morgan fingerprint density at radius 1 is 1.17 bits per heavy atom. The van der Waals surface area contributed by atoms with E-state index in [-0.39, 0.29) is 5.97 Å². The van der Waals surface area contributed by atoms with E-state index in [1.807, 2.05) is 24.3 Å². The van der Waals surface area contributed by atoms with Gasteiger partial charge in [-0.25, -0.2) is 0 Å². The average molecular weight is 250 g/mol. The minimum absolute atomic E-state index is 0.214. The lowest BCUT2D eigenvalue weighted by molar-refractivity contribution is -0.139. The highest BCUT2D eigenvalue weighted by atomic mass is 16.5. The van der Waals surface area contributed by atoms with E-state index in [0.29, 0.717) is 13.0 Å². The summed E-state index contributed by atoms with van der Waals surface area (Å²) in [4.78, 5) is 11.3. The van der Waals surface area contributed by atoms with Crippen LogP contribution in [0.25, 0.3) is 0 Å². The van der Waals surface area contributed by atoms with E-state index in [1.54, 1.807) is 0 Å². The number of benzene rings is 1. The lowest BCUT2D eigenvalue weighted by Crippen LogP contribution is -2.07. The molecule has 0 N–H and O–H groups in total. The van der Waals surface area contributed by atoms with E-state index in [9.17, 15) is 4.79 Å². The zero-order valence-electron chi connectivity index (χ0n) is 11.3. The SMILES string of the molecule is CCCCCOCc1ccccc1CC(=O)OC. The number of rotatable bonds is 8. The molecule has 0 bridgehead atoms. The average Bonchev–Trinajstić information content (AvgIpc) is 2.40. The Kier molecular flexibility index (Phi) is 7.11. The molecule has 0 aliphatic rings. The molecule has 0 atom stereocenters. The van der Waals surface area contributed by atoms with E-state index in [2.05, 4.69) is 11.7 Å². The Balaban J connectivity index is 2.46. The fourth-order valence-electron chi connectivity index (χ4n) is 1.73. The third-order valence-electron chi connectivity index (χ3n) is 2.83. The fraction of sp³-hybridized carbons (Fsp3) is 0.533. The second-order valence-corrected chi connectivity index (χ2v) is 4.28. The topological polar surface area (TPSA) is 35.5 Å². The van der Waals surface area contributed by atoms with Gasteiger partial charge < -0.3 is 9.47 Å². The van der Waals surface area contributed by atoms with Crippen LogP contribution in [-0.4, -0.2) is 19.7 Å². The highest BCUT2D eigenvalue weighted by Crippen LogP contribution is 2.12. The molecule has 1 aromatic carbocycles. The molecule has 0 aliphatic heterocycles. The first-order chi connectivity index (χ1) is 8.77. The molecule has 1 aromatic rings. The molecule has 0 aliphatic carbocycles. The first-order valence-corrected chi connectivity index (χ1v) is 6.49. The third kappa shape index (κ3) is 5.32. The maximum atomic E-state index is 11.3. The molecule has 3 nitrogen and oxygen atoms in total. The van der Waals surface area contributed by atoms with Crippen LogP contribution in [-0.2, 0) is 27.3 Å². The number of carbonyl (C=O) groups excluding carboxylic acids is 1. The van der Waals surface area contributed by atoms with Gasteiger partial charge in [-0.05, 0) is 17.5 Å².